The fourth-order valence-corrected chi connectivity index (χ4v) is 5.15. The van der Waals surface area contributed by atoms with E-state index < -0.39 is 5.54 Å². The van der Waals surface area contributed by atoms with Crippen LogP contribution in [0.2, 0.25) is 0 Å². The highest BCUT2D eigenvalue weighted by atomic mass is 16.5. The number of hydrogen-bond donors (Lipinski definition) is 1. The Morgan fingerprint density at radius 3 is 2.24 bits per heavy atom. The molecule has 2 heterocycles. The van der Waals surface area contributed by atoms with Gasteiger partial charge in [0, 0.05) is 37.0 Å². The summed E-state index contributed by atoms with van der Waals surface area (Å²) >= 11 is 0. The minimum absolute atomic E-state index is 0.0277. The first-order valence-corrected chi connectivity index (χ1v) is 12.8. The fraction of sp³-hybridized carbons (Fsp3) is 0.464. The van der Waals surface area contributed by atoms with E-state index in [2.05, 4.69) is 17.1 Å². The first-order chi connectivity index (χ1) is 17.9. The van der Waals surface area contributed by atoms with Crippen LogP contribution in [0.15, 0.2) is 48.5 Å². The number of amides is 3. The van der Waals surface area contributed by atoms with Crippen molar-refractivity contribution in [1.29, 1.82) is 0 Å². The zero-order valence-electron chi connectivity index (χ0n) is 21.9. The number of hydrogen-bond acceptors (Lipinski definition) is 6. The predicted octanol–water partition coefficient (Wildman–Crippen LogP) is 2.90. The molecule has 0 atom stereocenters. The largest absolute Gasteiger partial charge is 0.497 e. The van der Waals surface area contributed by atoms with Gasteiger partial charge in [0.05, 0.1) is 20.9 Å². The molecule has 3 amide bonds. The number of nitrogens with one attached hydrogen (secondary N) is 1. The number of methoxy groups -OCH3 is 2. The molecule has 0 aromatic heterocycles. The molecule has 2 aliphatic rings. The van der Waals surface area contributed by atoms with Crippen molar-refractivity contribution in [3.8, 4) is 11.5 Å². The van der Waals surface area contributed by atoms with Gasteiger partial charge in [0.25, 0.3) is 11.8 Å². The van der Waals surface area contributed by atoms with Crippen molar-refractivity contribution in [2.75, 3.05) is 52.0 Å². The van der Waals surface area contributed by atoms with Gasteiger partial charge in [0.2, 0.25) is 5.91 Å². The summed E-state index contributed by atoms with van der Waals surface area (Å²) in [5.74, 6) is 0.759. The molecule has 9 nitrogen and oxygen atoms in total. The summed E-state index contributed by atoms with van der Waals surface area (Å²) in [6, 6.07) is 14.9. The molecule has 37 heavy (non-hydrogen) atoms. The maximum Gasteiger partial charge on any atom is 0.254 e. The van der Waals surface area contributed by atoms with Gasteiger partial charge in [0.15, 0.2) is 0 Å². The third-order valence-corrected chi connectivity index (χ3v) is 7.25. The number of piperidine rings is 1. The maximum atomic E-state index is 13.8. The summed E-state index contributed by atoms with van der Waals surface area (Å²) in [4.78, 5) is 45.2. The Morgan fingerprint density at radius 1 is 1.00 bits per heavy atom. The van der Waals surface area contributed by atoms with Crippen LogP contribution in [0.5, 0.6) is 11.5 Å². The highest BCUT2D eigenvalue weighted by molar-refractivity contribution is 5.98. The lowest BCUT2D eigenvalue weighted by molar-refractivity contribution is -0.137. The van der Waals surface area contributed by atoms with E-state index in [1.165, 1.54) is 0 Å². The van der Waals surface area contributed by atoms with E-state index in [1.54, 1.807) is 42.2 Å². The van der Waals surface area contributed by atoms with Crippen LogP contribution in [-0.2, 0) is 9.59 Å². The molecular formula is C28H36N4O5. The number of benzene rings is 2. The van der Waals surface area contributed by atoms with Crippen LogP contribution in [0.1, 0.15) is 43.0 Å². The number of unbranched alkanes of at least 4 members (excludes halogenated alkanes) is 1. The number of likely N-dealkylation sites (tertiary alicyclic amines) is 1. The van der Waals surface area contributed by atoms with Gasteiger partial charge in [-0.25, -0.2) is 0 Å². The number of anilines is 1. The first-order valence-electron chi connectivity index (χ1n) is 12.8. The Labute approximate surface area is 218 Å². The molecule has 2 saturated heterocycles. The Hall–Kier alpha value is -3.75. The molecule has 0 radical (unpaired) electrons. The van der Waals surface area contributed by atoms with Crippen molar-refractivity contribution in [1.82, 2.24) is 15.1 Å². The second-order valence-corrected chi connectivity index (χ2v) is 9.54. The van der Waals surface area contributed by atoms with Crippen LogP contribution in [0.25, 0.3) is 0 Å². The Morgan fingerprint density at radius 2 is 1.65 bits per heavy atom. The van der Waals surface area contributed by atoms with Crippen LogP contribution in [0, 0.1) is 0 Å². The molecule has 2 aliphatic heterocycles. The predicted molar refractivity (Wildman–Crippen MR) is 141 cm³/mol. The van der Waals surface area contributed by atoms with Crippen molar-refractivity contribution >= 4 is 23.4 Å². The third-order valence-electron chi connectivity index (χ3n) is 7.25. The van der Waals surface area contributed by atoms with E-state index in [4.69, 9.17) is 9.47 Å². The summed E-state index contributed by atoms with van der Waals surface area (Å²) < 4.78 is 10.6. The second kappa shape index (κ2) is 11.5. The summed E-state index contributed by atoms with van der Waals surface area (Å²) in [5.41, 5.74) is 0.616. The van der Waals surface area contributed by atoms with Crippen molar-refractivity contribution in [2.45, 2.75) is 38.1 Å². The minimum Gasteiger partial charge on any atom is -0.497 e. The molecule has 1 spiro atoms. The number of rotatable bonds is 9. The molecule has 0 bridgehead atoms. The van der Waals surface area contributed by atoms with Crippen LogP contribution in [0.4, 0.5) is 5.69 Å². The molecule has 198 valence electrons. The SMILES string of the molecule is CCCCNC(=O)CN1CN(c2ccccc2)C2(CCN(C(=O)c3cc(OC)cc(OC)c3)CC2)C1=O. The highest BCUT2D eigenvalue weighted by Crippen LogP contribution is 2.39. The molecule has 0 aliphatic carbocycles. The van der Waals surface area contributed by atoms with Crippen molar-refractivity contribution < 1.29 is 23.9 Å². The standard InChI is InChI=1S/C28H36N4O5/c1-4-5-13-29-25(33)19-31-20-32(22-9-7-6-8-10-22)28(27(31)35)11-14-30(15-12-28)26(34)21-16-23(36-2)18-24(17-21)37-3/h6-10,16-18H,4-5,11-15,19-20H2,1-3H3,(H,29,33). The molecule has 1 N–H and O–H groups in total. The molecule has 0 saturated carbocycles. The minimum atomic E-state index is -0.798. The monoisotopic (exact) mass is 508 g/mol. The number of para-hydroxylation sites is 1. The summed E-state index contributed by atoms with van der Waals surface area (Å²) in [5, 5.41) is 2.91. The van der Waals surface area contributed by atoms with E-state index in [1.807, 2.05) is 30.3 Å². The molecular weight excluding hydrogens is 472 g/mol. The van der Waals surface area contributed by atoms with Gasteiger partial charge in [-0.1, -0.05) is 31.5 Å². The van der Waals surface area contributed by atoms with Gasteiger partial charge in [-0.15, -0.1) is 0 Å². The van der Waals surface area contributed by atoms with E-state index in [0.717, 1.165) is 18.5 Å². The quantitative estimate of drug-likeness (QED) is 0.524. The number of ether oxygens (including phenoxy) is 2. The molecule has 4 rings (SSSR count). The molecule has 2 aromatic carbocycles. The molecule has 0 unspecified atom stereocenters. The maximum absolute atomic E-state index is 13.8. The van der Waals surface area contributed by atoms with Gasteiger partial charge in [-0.2, -0.15) is 0 Å². The summed E-state index contributed by atoms with van der Waals surface area (Å²) in [6.07, 6.45) is 2.84. The van der Waals surface area contributed by atoms with Gasteiger partial charge < -0.3 is 29.5 Å². The van der Waals surface area contributed by atoms with Gasteiger partial charge in [-0.05, 0) is 43.5 Å². The fourth-order valence-electron chi connectivity index (χ4n) is 5.15. The number of carbonyl (C=O) groups is 3. The summed E-state index contributed by atoms with van der Waals surface area (Å²) in [6.45, 7) is 3.88. The Bertz CT molecular complexity index is 1090. The second-order valence-electron chi connectivity index (χ2n) is 9.54. The van der Waals surface area contributed by atoms with Crippen LogP contribution in [0.3, 0.4) is 0 Å². The van der Waals surface area contributed by atoms with Crippen molar-refractivity contribution in [3.05, 3.63) is 54.1 Å². The smallest absolute Gasteiger partial charge is 0.254 e. The number of nitrogens with zero attached hydrogens (tertiary/aromatic N) is 3. The van der Waals surface area contributed by atoms with E-state index in [0.29, 0.717) is 56.2 Å². The Balaban J connectivity index is 1.52. The lowest BCUT2D eigenvalue weighted by atomic mass is 9.85. The zero-order valence-corrected chi connectivity index (χ0v) is 21.9. The van der Waals surface area contributed by atoms with Crippen LogP contribution >= 0.6 is 0 Å². The van der Waals surface area contributed by atoms with Crippen LogP contribution < -0.4 is 19.7 Å². The average Bonchev–Trinajstić information content (AvgIpc) is 3.19. The van der Waals surface area contributed by atoms with Crippen molar-refractivity contribution in [3.63, 3.8) is 0 Å². The Kier molecular flexibility index (Phi) is 8.21. The summed E-state index contributed by atoms with van der Waals surface area (Å²) in [7, 11) is 3.10. The first kappa shape index (κ1) is 26.3. The third kappa shape index (κ3) is 5.50. The molecule has 2 aromatic rings. The lowest BCUT2D eigenvalue weighted by Gasteiger charge is -2.43. The molecule has 9 heteroatoms. The van der Waals surface area contributed by atoms with E-state index in [9.17, 15) is 14.4 Å². The highest BCUT2D eigenvalue weighted by Gasteiger charge is 2.54. The number of carbonyl (C=O) groups excluding carboxylic acids is 3. The topological polar surface area (TPSA) is 91.4 Å². The van der Waals surface area contributed by atoms with Crippen LogP contribution in [-0.4, -0.2) is 80.1 Å². The lowest BCUT2D eigenvalue weighted by Crippen LogP contribution is -2.57. The van der Waals surface area contributed by atoms with Gasteiger partial charge >= 0.3 is 0 Å². The van der Waals surface area contributed by atoms with Gasteiger partial charge in [-0.3, -0.25) is 14.4 Å². The molecule has 2 fully saturated rings. The average molecular weight is 509 g/mol. The van der Waals surface area contributed by atoms with Gasteiger partial charge in [0.1, 0.15) is 23.6 Å². The zero-order chi connectivity index (χ0) is 26.4. The van der Waals surface area contributed by atoms with Crippen molar-refractivity contribution in [2.24, 2.45) is 0 Å². The normalized spacial score (nSPS) is 16.7. The van der Waals surface area contributed by atoms with E-state index in [-0.39, 0.29) is 24.3 Å². The van der Waals surface area contributed by atoms with E-state index >= 15 is 0 Å².